The number of hydrogen-bond acceptors (Lipinski definition) is 2. The van der Waals surface area contributed by atoms with Crippen LogP contribution < -0.4 is 4.90 Å². The second-order valence-electron chi connectivity index (χ2n) is 12.6. The van der Waals surface area contributed by atoms with Gasteiger partial charge in [-0.2, -0.15) is 0 Å². The van der Waals surface area contributed by atoms with Crippen LogP contribution in [0.3, 0.4) is 0 Å². The van der Waals surface area contributed by atoms with E-state index in [4.69, 9.17) is 0 Å². The van der Waals surface area contributed by atoms with E-state index in [1.165, 1.54) is 58.3 Å². The van der Waals surface area contributed by atoms with Crippen LogP contribution in [0.15, 0.2) is 208 Å². The molecule has 0 aliphatic rings. The van der Waals surface area contributed by atoms with Gasteiger partial charge in [0.15, 0.2) is 0 Å². The van der Waals surface area contributed by atoms with Crippen molar-refractivity contribution in [2.45, 2.75) is 0 Å². The molecule has 8 rings (SSSR count). The van der Waals surface area contributed by atoms with Crippen LogP contribution in [0, 0.1) is 0 Å². The lowest BCUT2D eigenvalue weighted by molar-refractivity contribution is 1.22. The molecule has 0 radical (unpaired) electrons. The molecule has 0 aliphatic heterocycles. The molecule has 244 valence electrons. The van der Waals surface area contributed by atoms with Crippen LogP contribution in [-0.4, -0.2) is 4.40 Å². The molecular formula is C48H36N2S. The Kier molecular flexibility index (Phi) is 8.19. The summed E-state index contributed by atoms with van der Waals surface area (Å²) in [4.78, 5) is 2.11. The third kappa shape index (κ3) is 5.54. The summed E-state index contributed by atoms with van der Waals surface area (Å²) in [5, 5.41) is 7.46. The van der Waals surface area contributed by atoms with Gasteiger partial charge in [0.2, 0.25) is 0 Å². The average molecular weight is 673 g/mol. The molecule has 0 unspecified atom stereocenters. The third-order valence-electron chi connectivity index (χ3n) is 9.54. The van der Waals surface area contributed by atoms with Crippen molar-refractivity contribution in [3.63, 3.8) is 0 Å². The number of allylic oxidation sites excluding steroid dienone is 11. The van der Waals surface area contributed by atoms with E-state index in [-0.39, 0.29) is 0 Å². The van der Waals surface area contributed by atoms with Gasteiger partial charge in [-0.25, -0.2) is 0 Å². The fourth-order valence-corrected chi connectivity index (χ4v) is 8.10. The summed E-state index contributed by atoms with van der Waals surface area (Å²) in [7, 11) is 0. The van der Waals surface area contributed by atoms with Gasteiger partial charge in [-0.1, -0.05) is 124 Å². The smallest absolute Gasteiger partial charge is 0.0620 e. The third-order valence-corrected chi connectivity index (χ3v) is 10.7. The number of benzene rings is 5. The number of thiophene rings is 1. The second-order valence-corrected chi connectivity index (χ2v) is 13.7. The first-order valence-electron chi connectivity index (χ1n) is 16.9. The van der Waals surface area contributed by atoms with E-state index in [9.17, 15) is 0 Å². The SMILES string of the molecule is C=C/C=C\C(=C)C(=C)/C=C\C(=C)N(/C=C/C=C(\C=C)c1cc2c3ccccc3n3c4ccccc4c(c1)c23)c1ccc2sc3ccccc3c2c1. The summed E-state index contributed by atoms with van der Waals surface area (Å²) >= 11 is 1.81. The van der Waals surface area contributed by atoms with Gasteiger partial charge >= 0.3 is 0 Å². The van der Waals surface area contributed by atoms with E-state index < -0.39 is 0 Å². The van der Waals surface area contributed by atoms with Crippen LogP contribution in [0.5, 0.6) is 0 Å². The summed E-state index contributed by atoms with van der Waals surface area (Å²) in [6, 6.07) is 37.1. The van der Waals surface area contributed by atoms with E-state index in [1.807, 2.05) is 41.7 Å². The summed E-state index contributed by atoms with van der Waals surface area (Å²) in [6.07, 6.45) is 17.6. The van der Waals surface area contributed by atoms with Crippen molar-refractivity contribution >= 4 is 80.9 Å². The van der Waals surface area contributed by atoms with Crippen molar-refractivity contribution in [1.29, 1.82) is 0 Å². The van der Waals surface area contributed by atoms with E-state index in [0.29, 0.717) is 0 Å². The predicted octanol–water partition coefficient (Wildman–Crippen LogP) is 13.7. The second kappa shape index (κ2) is 13.1. The van der Waals surface area contributed by atoms with Crippen molar-refractivity contribution < 1.29 is 0 Å². The Labute approximate surface area is 302 Å². The van der Waals surface area contributed by atoms with Crippen LogP contribution in [0.1, 0.15) is 5.56 Å². The Morgan fingerprint density at radius 1 is 0.608 bits per heavy atom. The lowest BCUT2D eigenvalue weighted by atomic mass is 9.99. The molecule has 0 atom stereocenters. The van der Waals surface area contributed by atoms with Crippen molar-refractivity contribution in [2.75, 3.05) is 4.90 Å². The summed E-state index contributed by atoms with van der Waals surface area (Å²) in [6.45, 7) is 20.8. The Hall–Kier alpha value is -6.42. The molecule has 0 aliphatic carbocycles. The van der Waals surface area contributed by atoms with Crippen LogP contribution >= 0.6 is 11.3 Å². The lowest BCUT2D eigenvalue weighted by Gasteiger charge is -2.21. The first-order valence-corrected chi connectivity index (χ1v) is 17.7. The molecule has 0 amide bonds. The van der Waals surface area contributed by atoms with Gasteiger partial charge < -0.3 is 9.30 Å². The molecule has 51 heavy (non-hydrogen) atoms. The number of fused-ring (bicyclic) bond motifs is 9. The van der Waals surface area contributed by atoms with Gasteiger partial charge in [-0.15, -0.1) is 11.3 Å². The molecule has 2 nitrogen and oxygen atoms in total. The van der Waals surface area contributed by atoms with Crippen LogP contribution in [0.4, 0.5) is 5.69 Å². The van der Waals surface area contributed by atoms with Gasteiger partial charge in [0, 0.05) is 59.3 Å². The highest BCUT2D eigenvalue weighted by atomic mass is 32.1. The largest absolute Gasteiger partial charge is 0.318 e. The number of para-hydroxylation sites is 2. The number of nitrogens with zero attached hydrogens (tertiary/aromatic N) is 2. The highest BCUT2D eigenvalue weighted by Crippen LogP contribution is 2.41. The van der Waals surface area contributed by atoms with Crippen LogP contribution in [-0.2, 0) is 0 Å². The van der Waals surface area contributed by atoms with Crippen LogP contribution in [0.2, 0.25) is 0 Å². The van der Waals surface area contributed by atoms with Gasteiger partial charge in [0.05, 0.1) is 16.6 Å². The Morgan fingerprint density at radius 3 is 1.92 bits per heavy atom. The molecule has 3 heterocycles. The molecule has 0 saturated heterocycles. The van der Waals surface area contributed by atoms with Gasteiger partial charge in [0.25, 0.3) is 0 Å². The van der Waals surface area contributed by atoms with Gasteiger partial charge in [-0.3, -0.25) is 0 Å². The molecule has 8 aromatic rings. The molecule has 5 aromatic carbocycles. The number of anilines is 1. The topological polar surface area (TPSA) is 7.65 Å². The number of aromatic nitrogens is 1. The minimum absolute atomic E-state index is 0.791. The molecule has 0 bridgehead atoms. The van der Waals surface area contributed by atoms with Gasteiger partial charge in [-0.05, 0) is 83.0 Å². The first-order chi connectivity index (χ1) is 25.0. The van der Waals surface area contributed by atoms with E-state index in [1.54, 1.807) is 6.08 Å². The maximum Gasteiger partial charge on any atom is 0.0620 e. The Bertz CT molecular complexity index is 2760. The fraction of sp³-hybridized carbons (Fsp3) is 0. The molecular weight excluding hydrogens is 637 g/mol. The highest BCUT2D eigenvalue weighted by molar-refractivity contribution is 7.25. The Morgan fingerprint density at radius 2 is 1.24 bits per heavy atom. The average Bonchev–Trinajstić information content (AvgIpc) is 3.82. The zero-order valence-corrected chi connectivity index (χ0v) is 29.2. The lowest BCUT2D eigenvalue weighted by Crippen LogP contribution is -2.12. The van der Waals surface area contributed by atoms with Gasteiger partial charge in [0.1, 0.15) is 0 Å². The molecule has 0 N–H and O–H groups in total. The zero-order valence-electron chi connectivity index (χ0n) is 28.3. The van der Waals surface area contributed by atoms with Crippen molar-refractivity contribution in [2.24, 2.45) is 0 Å². The van der Waals surface area contributed by atoms with E-state index in [0.717, 1.165) is 33.7 Å². The minimum atomic E-state index is 0.791. The molecule has 0 spiro atoms. The zero-order chi connectivity index (χ0) is 35.1. The molecule has 0 saturated carbocycles. The highest BCUT2D eigenvalue weighted by Gasteiger charge is 2.18. The maximum absolute atomic E-state index is 4.48. The van der Waals surface area contributed by atoms with Crippen molar-refractivity contribution in [3.8, 4) is 0 Å². The minimum Gasteiger partial charge on any atom is -0.318 e. The summed E-state index contributed by atoms with van der Waals surface area (Å²) < 4.78 is 4.93. The normalized spacial score (nSPS) is 12.6. The summed E-state index contributed by atoms with van der Waals surface area (Å²) in [5.74, 6) is 0. The molecule has 0 fully saturated rings. The van der Waals surface area contributed by atoms with Crippen LogP contribution in [0.25, 0.3) is 63.8 Å². The first kappa shape index (κ1) is 31.8. The Balaban J connectivity index is 1.21. The molecule has 3 aromatic heterocycles. The monoisotopic (exact) mass is 672 g/mol. The standard InChI is InChI=1S/C48H36N2S/c1-6-8-16-32(3)33(4)24-25-34(5)49(37-26-27-47-41(31-37)40-20-11-14-23-46(40)51-47)28-15-17-35(7-2)36-29-42-38-18-9-12-21-44(38)50-45-22-13-10-19-39(45)43(30-36)48(42)50/h6-31H,1-5H2/b16-8-,25-24-,28-15+,35-17+. The predicted molar refractivity (Wildman–Crippen MR) is 226 cm³/mol. The molecule has 3 heteroatoms. The van der Waals surface area contributed by atoms with Crippen molar-refractivity contribution in [3.05, 3.63) is 213 Å². The fourth-order valence-electron chi connectivity index (χ4n) is 7.02. The number of rotatable bonds is 11. The van der Waals surface area contributed by atoms with E-state index in [2.05, 4.69) is 164 Å². The quantitative estimate of drug-likeness (QED) is 0.124. The maximum atomic E-state index is 4.48. The summed E-state index contributed by atoms with van der Waals surface area (Å²) in [5.41, 5.74) is 9.28. The number of hydrogen-bond donors (Lipinski definition) is 0. The van der Waals surface area contributed by atoms with Crippen molar-refractivity contribution in [1.82, 2.24) is 4.40 Å². The van der Waals surface area contributed by atoms with E-state index >= 15 is 0 Å².